The van der Waals surface area contributed by atoms with Crippen LogP contribution in [0.1, 0.15) is 51.2 Å². The lowest BCUT2D eigenvalue weighted by Gasteiger charge is -2.30. The SMILES string of the molecule is CCc1ccc(CCC(=O)N(CCO)C(CC)CC)cc1. The highest BCUT2D eigenvalue weighted by Crippen LogP contribution is 2.13. The Labute approximate surface area is 129 Å². The molecule has 0 aliphatic carbocycles. The van der Waals surface area contributed by atoms with E-state index in [4.69, 9.17) is 0 Å². The first kappa shape index (κ1) is 17.7. The van der Waals surface area contributed by atoms with E-state index in [0.29, 0.717) is 13.0 Å². The van der Waals surface area contributed by atoms with Crippen molar-refractivity contribution in [1.29, 1.82) is 0 Å². The largest absolute Gasteiger partial charge is 0.395 e. The summed E-state index contributed by atoms with van der Waals surface area (Å²) in [4.78, 5) is 14.3. The van der Waals surface area contributed by atoms with E-state index < -0.39 is 0 Å². The van der Waals surface area contributed by atoms with Crippen molar-refractivity contribution in [3.05, 3.63) is 35.4 Å². The third-order valence-electron chi connectivity index (χ3n) is 4.10. The molecule has 3 nitrogen and oxygen atoms in total. The number of carbonyl (C=O) groups is 1. The van der Waals surface area contributed by atoms with Gasteiger partial charge in [-0.1, -0.05) is 45.0 Å². The van der Waals surface area contributed by atoms with E-state index in [1.807, 2.05) is 4.90 Å². The summed E-state index contributed by atoms with van der Waals surface area (Å²) in [5.41, 5.74) is 2.53. The molecule has 1 aromatic carbocycles. The van der Waals surface area contributed by atoms with Crippen LogP contribution in [0, 0.1) is 0 Å². The van der Waals surface area contributed by atoms with Gasteiger partial charge in [-0.05, 0) is 36.8 Å². The number of hydrogen-bond acceptors (Lipinski definition) is 2. The van der Waals surface area contributed by atoms with Gasteiger partial charge in [-0.2, -0.15) is 0 Å². The Morgan fingerprint density at radius 1 is 1.10 bits per heavy atom. The Bertz CT molecular complexity index is 410. The maximum atomic E-state index is 12.4. The standard InChI is InChI=1S/C18H29NO2/c1-4-15-7-9-16(10-8-15)11-12-18(21)19(13-14-20)17(5-2)6-3/h7-10,17,20H,4-6,11-14H2,1-3H3. The van der Waals surface area contributed by atoms with E-state index in [1.54, 1.807) is 0 Å². The van der Waals surface area contributed by atoms with Crippen molar-refractivity contribution in [2.45, 2.75) is 58.9 Å². The van der Waals surface area contributed by atoms with E-state index >= 15 is 0 Å². The summed E-state index contributed by atoms with van der Waals surface area (Å²) in [6.45, 7) is 6.80. The van der Waals surface area contributed by atoms with Crippen LogP contribution in [0.25, 0.3) is 0 Å². The maximum Gasteiger partial charge on any atom is 0.223 e. The molecule has 0 heterocycles. The van der Waals surface area contributed by atoms with Gasteiger partial charge in [-0.3, -0.25) is 4.79 Å². The molecule has 1 aromatic rings. The van der Waals surface area contributed by atoms with Gasteiger partial charge in [0.1, 0.15) is 0 Å². The van der Waals surface area contributed by atoms with Gasteiger partial charge >= 0.3 is 0 Å². The lowest BCUT2D eigenvalue weighted by atomic mass is 10.0. The Morgan fingerprint density at radius 3 is 2.14 bits per heavy atom. The van der Waals surface area contributed by atoms with Gasteiger partial charge in [0, 0.05) is 19.0 Å². The van der Waals surface area contributed by atoms with E-state index in [9.17, 15) is 9.90 Å². The fraction of sp³-hybridized carbons (Fsp3) is 0.611. The third-order valence-corrected chi connectivity index (χ3v) is 4.10. The van der Waals surface area contributed by atoms with Crippen LogP contribution in [0.2, 0.25) is 0 Å². The molecule has 3 heteroatoms. The minimum atomic E-state index is 0.0352. The predicted octanol–water partition coefficient (Wildman–Crippen LogP) is 3.19. The molecule has 0 aliphatic rings. The molecule has 0 aromatic heterocycles. The van der Waals surface area contributed by atoms with Gasteiger partial charge < -0.3 is 10.0 Å². The fourth-order valence-corrected chi connectivity index (χ4v) is 2.68. The zero-order valence-electron chi connectivity index (χ0n) is 13.6. The second-order valence-corrected chi connectivity index (χ2v) is 5.45. The molecule has 0 saturated heterocycles. The molecule has 0 saturated carbocycles. The summed E-state index contributed by atoms with van der Waals surface area (Å²) in [7, 11) is 0. The number of benzene rings is 1. The second kappa shape index (κ2) is 9.56. The highest BCUT2D eigenvalue weighted by atomic mass is 16.3. The number of nitrogens with zero attached hydrogens (tertiary/aromatic N) is 1. The molecule has 0 spiro atoms. The van der Waals surface area contributed by atoms with Gasteiger partial charge in [0.05, 0.1) is 6.61 Å². The van der Waals surface area contributed by atoms with Crippen LogP contribution in [0.5, 0.6) is 0 Å². The van der Waals surface area contributed by atoms with Crippen LogP contribution < -0.4 is 0 Å². The predicted molar refractivity (Wildman–Crippen MR) is 87.3 cm³/mol. The van der Waals surface area contributed by atoms with Crippen molar-refractivity contribution in [3.8, 4) is 0 Å². The molecule has 1 N–H and O–H groups in total. The second-order valence-electron chi connectivity index (χ2n) is 5.45. The number of carbonyl (C=O) groups excluding carboxylic acids is 1. The zero-order valence-corrected chi connectivity index (χ0v) is 13.6. The number of hydrogen-bond donors (Lipinski definition) is 1. The molecule has 1 rings (SSSR count). The average Bonchev–Trinajstić information content (AvgIpc) is 2.53. The van der Waals surface area contributed by atoms with Crippen molar-refractivity contribution in [3.63, 3.8) is 0 Å². The van der Waals surface area contributed by atoms with Crippen LogP contribution in [0.15, 0.2) is 24.3 Å². The maximum absolute atomic E-state index is 12.4. The summed E-state index contributed by atoms with van der Waals surface area (Å²) in [5, 5.41) is 9.17. The van der Waals surface area contributed by atoms with Crippen LogP contribution >= 0.6 is 0 Å². The zero-order chi connectivity index (χ0) is 15.7. The van der Waals surface area contributed by atoms with Gasteiger partial charge in [0.15, 0.2) is 0 Å². The molecule has 21 heavy (non-hydrogen) atoms. The number of amides is 1. The first-order chi connectivity index (χ1) is 10.2. The van der Waals surface area contributed by atoms with Crippen LogP contribution in [0.4, 0.5) is 0 Å². The molecule has 0 fully saturated rings. The average molecular weight is 291 g/mol. The van der Waals surface area contributed by atoms with Crippen LogP contribution in [-0.4, -0.2) is 35.1 Å². The van der Waals surface area contributed by atoms with Crippen LogP contribution in [0.3, 0.4) is 0 Å². The number of rotatable bonds is 9. The van der Waals surface area contributed by atoms with Gasteiger partial charge in [0.25, 0.3) is 0 Å². The molecule has 1 amide bonds. The summed E-state index contributed by atoms with van der Waals surface area (Å²) in [6.07, 6.45) is 4.20. The summed E-state index contributed by atoms with van der Waals surface area (Å²) < 4.78 is 0. The lowest BCUT2D eigenvalue weighted by molar-refractivity contribution is -0.134. The highest BCUT2D eigenvalue weighted by Gasteiger charge is 2.20. The van der Waals surface area contributed by atoms with Crippen molar-refractivity contribution in [2.75, 3.05) is 13.2 Å². The normalized spacial score (nSPS) is 10.9. The number of aliphatic hydroxyl groups is 1. The quantitative estimate of drug-likeness (QED) is 0.759. The summed E-state index contributed by atoms with van der Waals surface area (Å²) in [5.74, 6) is 0.150. The summed E-state index contributed by atoms with van der Waals surface area (Å²) in [6, 6.07) is 8.73. The number of aryl methyl sites for hydroxylation is 2. The molecule has 0 unspecified atom stereocenters. The van der Waals surface area contributed by atoms with Crippen molar-refractivity contribution in [1.82, 2.24) is 4.90 Å². The molecule has 0 aliphatic heterocycles. The molecule has 0 bridgehead atoms. The molecular weight excluding hydrogens is 262 g/mol. The third kappa shape index (κ3) is 5.50. The van der Waals surface area contributed by atoms with E-state index in [2.05, 4.69) is 45.0 Å². The smallest absolute Gasteiger partial charge is 0.223 e. The number of aliphatic hydroxyl groups excluding tert-OH is 1. The van der Waals surface area contributed by atoms with E-state index in [-0.39, 0.29) is 18.6 Å². The summed E-state index contributed by atoms with van der Waals surface area (Å²) >= 11 is 0. The molecular formula is C18H29NO2. The van der Waals surface area contributed by atoms with Crippen molar-refractivity contribution < 1.29 is 9.90 Å². The van der Waals surface area contributed by atoms with E-state index in [1.165, 1.54) is 11.1 Å². The van der Waals surface area contributed by atoms with Crippen molar-refractivity contribution in [2.24, 2.45) is 0 Å². The Balaban J connectivity index is 2.59. The first-order valence-corrected chi connectivity index (χ1v) is 8.14. The fourth-order valence-electron chi connectivity index (χ4n) is 2.68. The molecule has 0 atom stereocenters. The highest BCUT2D eigenvalue weighted by molar-refractivity contribution is 5.76. The lowest BCUT2D eigenvalue weighted by Crippen LogP contribution is -2.41. The Morgan fingerprint density at radius 2 is 1.67 bits per heavy atom. The molecule has 118 valence electrons. The van der Waals surface area contributed by atoms with Gasteiger partial charge in [0.2, 0.25) is 5.91 Å². The van der Waals surface area contributed by atoms with Crippen molar-refractivity contribution >= 4 is 5.91 Å². The Hall–Kier alpha value is -1.35. The minimum Gasteiger partial charge on any atom is -0.395 e. The van der Waals surface area contributed by atoms with Crippen LogP contribution in [-0.2, 0) is 17.6 Å². The monoisotopic (exact) mass is 291 g/mol. The van der Waals surface area contributed by atoms with E-state index in [0.717, 1.165) is 25.7 Å². The van der Waals surface area contributed by atoms with Gasteiger partial charge in [-0.25, -0.2) is 0 Å². The first-order valence-electron chi connectivity index (χ1n) is 8.14. The van der Waals surface area contributed by atoms with Gasteiger partial charge in [-0.15, -0.1) is 0 Å². The molecule has 0 radical (unpaired) electrons. The minimum absolute atomic E-state index is 0.0352. The topological polar surface area (TPSA) is 40.5 Å². The Kier molecular flexibility index (Phi) is 8.06.